The molecule has 37 heavy (non-hydrogen) atoms. The van der Waals surface area contributed by atoms with Crippen molar-refractivity contribution in [3.05, 3.63) is 95.3 Å². The molecule has 0 aliphatic rings. The Labute approximate surface area is 216 Å². The second-order valence-corrected chi connectivity index (χ2v) is 9.91. The van der Waals surface area contributed by atoms with Crippen molar-refractivity contribution < 1.29 is 27.5 Å². The highest BCUT2D eigenvalue weighted by Gasteiger charge is 2.20. The number of sulfonamides is 1. The molecule has 1 heterocycles. The number of hydrogen-bond acceptors (Lipinski definition) is 7. The Kier molecular flexibility index (Phi) is 9.51. The van der Waals surface area contributed by atoms with Crippen molar-refractivity contribution in [3.8, 4) is 0 Å². The molecular weight excluding hydrogens is 494 g/mol. The molecule has 194 valence electrons. The number of esters is 1. The van der Waals surface area contributed by atoms with Crippen LogP contribution < -0.4 is 10.0 Å². The van der Waals surface area contributed by atoms with Crippen molar-refractivity contribution in [3.63, 3.8) is 0 Å². The molecule has 0 spiro atoms. The van der Waals surface area contributed by atoms with Crippen LogP contribution in [0.3, 0.4) is 0 Å². The molecule has 2 aromatic carbocycles. The van der Waals surface area contributed by atoms with Gasteiger partial charge in [0.2, 0.25) is 0 Å². The van der Waals surface area contributed by atoms with Gasteiger partial charge in [-0.3, -0.25) is 9.59 Å². The second-order valence-electron chi connectivity index (χ2n) is 8.23. The van der Waals surface area contributed by atoms with Crippen LogP contribution in [-0.2, 0) is 21.2 Å². The average molecular weight is 524 g/mol. The summed E-state index contributed by atoms with van der Waals surface area (Å²) in [5.41, 5.74) is 1.39. The quantitative estimate of drug-likeness (QED) is 0.368. The standard InChI is InChI=1S/C27H29N3O6S/c1-3-22(4-2)36-27(33)24-15-12-21(18-29-24)26(32)30-37(34,35)23-13-10-19(11-14-23)16-17-28-25(31)20-8-6-5-7-9-20/h5-15,18,22H,3-4,16-17H2,1-2H3,(H,28,31)(H,30,32). The van der Waals surface area contributed by atoms with Gasteiger partial charge in [-0.15, -0.1) is 0 Å². The predicted molar refractivity (Wildman–Crippen MR) is 138 cm³/mol. The van der Waals surface area contributed by atoms with Gasteiger partial charge in [-0.05, 0) is 61.2 Å². The van der Waals surface area contributed by atoms with Crippen molar-refractivity contribution in [1.82, 2.24) is 15.0 Å². The van der Waals surface area contributed by atoms with Crippen LogP contribution in [0.1, 0.15) is 63.5 Å². The third kappa shape index (κ3) is 7.71. The lowest BCUT2D eigenvalue weighted by Gasteiger charge is -2.13. The van der Waals surface area contributed by atoms with Crippen molar-refractivity contribution >= 4 is 27.8 Å². The van der Waals surface area contributed by atoms with E-state index in [9.17, 15) is 22.8 Å². The molecule has 0 aliphatic heterocycles. The van der Waals surface area contributed by atoms with Crippen LogP contribution in [0.5, 0.6) is 0 Å². The van der Waals surface area contributed by atoms with Gasteiger partial charge in [0.05, 0.1) is 10.5 Å². The van der Waals surface area contributed by atoms with Gasteiger partial charge in [-0.25, -0.2) is 22.9 Å². The maximum Gasteiger partial charge on any atom is 0.357 e. The van der Waals surface area contributed by atoms with Gasteiger partial charge in [0.25, 0.3) is 21.8 Å². The van der Waals surface area contributed by atoms with Crippen molar-refractivity contribution in [2.75, 3.05) is 6.54 Å². The number of nitrogens with one attached hydrogen (secondary N) is 2. The molecule has 0 bridgehead atoms. The minimum absolute atomic E-state index is 0.0200. The van der Waals surface area contributed by atoms with Crippen LogP contribution >= 0.6 is 0 Å². The molecule has 0 saturated carbocycles. The summed E-state index contributed by atoms with van der Waals surface area (Å²) in [6, 6.07) is 17.5. The zero-order chi connectivity index (χ0) is 26.8. The number of pyridine rings is 1. The monoisotopic (exact) mass is 523 g/mol. The van der Waals surface area contributed by atoms with E-state index in [2.05, 4.69) is 10.3 Å². The lowest BCUT2D eigenvalue weighted by atomic mass is 10.1. The van der Waals surface area contributed by atoms with Gasteiger partial charge in [0, 0.05) is 18.3 Å². The number of aromatic nitrogens is 1. The molecule has 10 heteroatoms. The maximum atomic E-state index is 12.7. The Morgan fingerprint density at radius 2 is 1.54 bits per heavy atom. The van der Waals surface area contributed by atoms with Crippen LogP contribution in [0.2, 0.25) is 0 Å². The third-order valence-corrected chi connectivity index (χ3v) is 6.96. The van der Waals surface area contributed by atoms with Crippen LogP contribution in [0.15, 0.2) is 77.8 Å². The topological polar surface area (TPSA) is 132 Å². The molecule has 3 aromatic rings. The molecule has 0 radical (unpaired) electrons. The predicted octanol–water partition coefficient (Wildman–Crippen LogP) is 3.52. The summed E-state index contributed by atoms with van der Waals surface area (Å²) in [6.07, 6.45) is 2.75. The van der Waals surface area contributed by atoms with Gasteiger partial charge in [0.1, 0.15) is 11.8 Å². The molecule has 0 fully saturated rings. The van der Waals surface area contributed by atoms with Crippen LogP contribution in [0, 0.1) is 0 Å². The Balaban J connectivity index is 1.55. The number of ether oxygens (including phenoxy) is 1. The number of carbonyl (C=O) groups is 3. The molecular formula is C27H29N3O6S. The normalized spacial score (nSPS) is 11.1. The zero-order valence-corrected chi connectivity index (χ0v) is 21.5. The Bertz CT molecular complexity index is 1320. The van der Waals surface area contributed by atoms with E-state index in [1.165, 1.54) is 24.3 Å². The summed E-state index contributed by atoms with van der Waals surface area (Å²) in [5, 5.41) is 2.81. The SMILES string of the molecule is CCC(CC)OC(=O)c1ccc(C(=O)NS(=O)(=O)c2ccc(CCNC(=O)c3ccccc3)cc2)cn1. The van der Waals surface area contributed by atoms with Gasteiger partial charge < -0.3 is 10.1 Å². The molecule has 0 unspecified atom stereocenters. The van der Waals surface area contributed by atoms with Crippen molar-refractivity contribution in [1.29, 1.82) is 0 Å². The summed E-state index contributed by atoms with van der Waals surface area (Å²) in [7, 11) is -4.13. The number of hydrogen-bond donors (Lipinski definition) is 2. The largest absolute Gasteiger partial charge is 0.458 e. The van der Waals surface area contributed by atoms with Crippen LogP contribution in [0.25, 0.3) is 0 Å². The molecule has 0 saturated heterocycles. The number of amides is 2. The van der Waals surface area contributed by atoms with E-state index in [1.54, 1.807) is 36.4 Å². The van der Waals surface area contributed by atoms with Gasteiger partial charge >= 0.3 is 5.97 Å². The minimum atomic E-state index is -4.13. The number of carbonyl (C=O) groups excluding carboxylic acids is 3. The Morgan fingerprint density at radius 1 is 0.865 bits per heavy atom. The van der Waals surface area contributed by atoms with Crippen molar-refractivity contribution in [2.45, 2.75) is 44.1 Å². The van der Waals surface area contributed by atoms with Crippen LogP contribution in [-0.4, -0.2) is 43.8 Å². The molecule has 2 N–H and O–H groups in total. The lowest BCUT2D eigenvalue weighted by molar-refractivity contribution is 0.0277. The first-order chi connectivity index (χ1) is 17.7. The summed E-state index contributed by atoms with van der Waals surface area (Å²) in [5.74, 6) is -1.67. The Hall–Kier alpha value is -4.05. The fourth-order valence-corrected chi connectivity index (χ4v) is 4.38. The van der Waals surface area contributed by atoms with E-state index >= 15 is 0 Å². The first-order valence-electron chi connectivity index (χ1n) is 11.9. The molecule has 3 rings (SSSR count). The Morgan fingerprint density at radius 3 is 2.14 bits per heavy atom. The summed E-state index contributed by atoms with van der Waals surface area (Å²) in [4.78, 5) is 40.6. The van der Waals surface area contributed by atoms with Crippen LogP contribution in [0.4, 0.5) is 0 Å². The van der Waals surface area contributed by atoms with Gasteiger partial charge in [-0.2, -0.15) is 0 Å². The first-order valence-corrected chi connectivity index (χ1v) is 13.4. The van der Waals surface area contributed by atoms with Gasteiger partial charge in [0.15, 0.2) is 0 Å². The molecule has 9 nitrogen and oxygen atoms in total. The molecule has 1 aromatic heterocycles. The fourth-order valence-electron chi connectivity index (χ4n) is 3.40. The number of benzene rings is 2. The maximum absolute atomic E-state index is 12.7. The van der Waals surface area contributed by atoms with Crippen molar-refractivity contribution in [2.24, 2.45) is 0 Å². The van der Waals surface area contributed by atoms with Gasteiger partial charge in [-0.1, -0.05) is 44.2 Å². The highest BCUT2D eigenvalue weighted by molar-refractivity contribution is 7.90. The number of nitrogens with zero attached hydrogens (tertiary/aromatic N) is 1. The van der Waals surface area contributed by atoms with E-state index in [1.807, 2.05) is 24.6 Å². The first kappa shape index (κ1) is 27.5. The zero-order valence-electron chi connectivity index (χ0n) is 20.6. The van der Waals surface area contributed by atoms with E-state index in [-0.39, 0.29) is 28.2 Å². The average Bonchev–Trinajstić information content (AvgIpc) is 2.92. The second kappa shape index (κ2) is 12.8. The summed E-state index contributed by atoms with van der Waals surface area (Å²) < 4.78 is 32.7. The van der Waals surface area contributed by atoms with E-state index < -0.39 is 21.9 Å². The summed E-state index contributed by atoms with van der Waals surface area (Å²) >= 11 is 0. The van der Waals surface area contributed by atoms with E-state index in [0.29, 0.717) is 31.4 Å². The molecule has 0 aliphatic carbocycles. The fraction of sp³-hybridized carbons (Fsp3) is 0.259. The number of rotatable bonds is 11. The van der Waals surface area contributed by atoms with E-state index in [4.69, 9.17) is 4.74 Å². The third-order valence-electron chi connectivity index (χ3n) is 5.62. The summed E-state index contributed by atoms with van der Waals surface area (Å²) in [6.45, 7) is 4.19. The molecule has 2 amide bonds. The lowest BCUT2D eigenvalue weighted by Crippen LogP contribution is -2.30. The van der Waals surface area contributed by atoms with E-state index in [0.717, 1.165) is 11.8 Å². The highest BCUT2D eigenvalue weighted by atomic mass is 32.2. The smallest absolute Gasteiger partial charge is 0.357 e. The minimum Gasteiger partial charge on any atom is -0.458 e. The highest BCUT2D eigenvalue weighted by Crippen LogP contribution is 2.13. The molecule has 0 atom stereocenters.